The minimum atomic E-state index is -0.707. The van der Waals surface area contributed by atoms with E-state index in [1.165, 1.54) is 0 Å². The summed E-state index contributed by atoms with van der Waals surface area (Å²) in [5, 5.41) is 7.63. The number of hydrogen-bond acceptors (Lipinski definition) is 3. The Balaban J connectivity index is 0.00000232. The molecule has 23 heavy (non-hydrogen) atoms. The molecule has 0 saturated carbocycles. The Kier molecular flexibility index (Phi) is 9.01. The fourth-order valence-electron chi connectivity index (χ4n) is 1.98. The highest BCUT2D eigenvalue weighted by atomic mass is 16.5. The van der Waals surface area contributed by atoms with E-state index in [2.05, 4.69) is 13.2 Å². The van der Waals surface area contributed by atoms with Gasteiger partial charge in [0.1, 0.15) is 0 Å². The number of ether oxygens (including phenoxy) is 1. The van der Waals surface area contributed by atoms with E-state index in [9.17, 15) is 4.79 Å². The molecule has 0 fully saturated rings. The molecular weight excluding hydrogens is 288 g/mol. The fourth-order valence-corrected chi connectivity index (χ4v) is 1.98. The Morgan fingerprint density at radius 1 is 1.26 bits per heavy atom. The smallest absolute Gasteiger partial charge is 0.284 e. The Morgan fingerprint density at radius 3 is 2.26 bits per heavy atom. The molecule has 124 valence electrons. The quantitative estimate of drug-likeness (QED) is 0.448. The minimum Gasteiger partial charge on any atom is -0.485 e. The lowest BCUT2D eigenvalue weighted by Crippen LogP contribution is -2.21. The molecule has 0 aliphatic heterocycles. The van der Waals surface area contributed by atoms with Gasteiger partial charge in [-0.15, -0.1) is 0 Å². The zero-order valence-electron chi connectivity index (χ0n) is 14.3. The van der Waals surface area contributed by atoms with Crippen LogP contribution in [0.3, 0.4) is 0 Å². The Labute approximate surface area is 138 Å². The van der Waals surface area contributed by atoms with Gasteiger partial charge in [-0.1, -0.05) is 57.4 Å². The summed E-state index contributed by atoms with van der Waals surface area (Å²) >= 11 is 0. The molecule has 0 atom stereocenters. The van der Waals surface area contributed by atoms with Gasteiger partial charge in [0.15, 0.2) is 5.76 Å². The van der Waals surface area contributed by atoms with Crippen LogP contribution >= 0.6 is 0 Å². The number of amides is 1. The fraction of sp³-hybridized carbons (Fsp3) is 0.263. The van der Waals surface area contributed by atoms with E-state index in [-0.39, 0.29) is 11.9 Å². The van der Waals surface area contributed by atoms with E-state index in [4.69, 9.17) is 15.9 Å². The first kappa shape index (κ1) is 20.4. The standard InChI is InChI=1S/C17H20N2O2.C2H6/c1-5-12-8-7-9-14(13(12)6-2)15(10-18)16(17(19)20)21-11(3)4;1-2/h5-11,18H,1-2H2,3-4H3,(H2,19,20);1-2H3/b16-15-,18-10?;. The first-order valence-corrected chi connectivity index (χ1v) is 7.55. The molecule has 4 nitrogen and oxygen atoms in total. The summed E-state index contributed by atoms with van der Waals surface area (Å²) < 4.78 is 5.49. The predicted octanol–water partition coefficient (Wildman–Crippen LogP) is 4.27. The van der Waals surface area contributed by atoms with Crippen molar-refractivity contribution in [3.63, 3.8) is 0 Å². The maximum Gasteiger partial charge on any atom is 0.284 e. The van der Waals surface area contributed by atoms with Gasteiger partial charge < -0.3 is 15.9 Å². The number of nitrogens with two attached hydrogens (primary N) is 1. The first-order chi connectivity index (χ1) is 11.0. The molecule has 1 rings (SSSR count). The molecule has 0 spiro atoms. The number of nitrogens with one attached hydrogen (secondary N) is 1. The Morgan fingerprint density at radius 2 is 1.87 bits per heavy atom. The summed E-state index contributed by atoms with van der Waals surface area (Å²) in [6, 6.07) is 5.48. The van der Waals surface area contributed by atoms with Crippen LogP contribution in [0.4, 0.5) is 0 Å². The second-order valence-electron chi connectivity index (χ2n) is 4.63. The maximum absolute atomic E-state index is 11.7. The van der Waals surface area contributed by atoms with Gasteiger partial charge in [-0.3, -0.25) is 4.79 Å². The van der Waals surface area contributed by atoms with E-state index in [1.54, 1.807) is 32.1 Å². The van der Waals surface area contributed by atoms with E-state index >= 15 is 0 Å². The van der Waals surface area contributed by atoms with Crippen LogP contribution in [0.1, 0.15) is 44.4 Å². The molecule has 0 unspecified atom stereocenters. The molecule has 0 aliphatic carbocycles. The van der Waals surface area contributed by atoms with E-state index in [1.807, 2.05) is 26.0 Å². The molecule has 0 saturated heterocycles. The average Bonchev–Trinajstić information content (AvgIpc) is 2.55. The number of primary amides is 1. The van der Waals surface area contributed by atoms with Crippen molar-refractivity contribution in [3.8, 4) is 0 Å². The molecule has 0 radical (unpaired) electrons. The van der Waals surface area contributed by atoms with Crippen LogP contribution < -0.4 is 5.73 Å². The molecule has 1 amide bonds. The lowest BCUT2D eigenvalue weighted by molar-refractivity contribution is -0.118. The van der Waals surface area contributed by atoms with Crippen molar-refractivity contribution >= 4 is 29.8 Å². The summed E-state index contributed by atoms with van der Waals surface area (Å²) in [5.74, 6) is -0.731. The van der Waals surface area contributed by atoms with E-state index < -0.39 is 5.91 Å². The highest BCUT2D eigenvalue weighted by Crippen LogP contribution is 2.26. The zero-order valence-corrected chi connectivity index (χ0v) is 14.3. The average molecular weight is 314 g/mol. The third kappa shape index (κ3) is 5.25. The molecule has 0 aromatic heterocycles. The summed E-state index contributed by atoms with van der Waals surface area (Å²) in [6.07, 6.45) is 4.19. The van der Waals surface area contributed by atoms with Crippen molar-refractivity contribution in [2.24, 2.45) is 5.73 Å². The van der Waals surface area contributed by atoms with Crippen LogP contribution in [0, 0.1) is 5.41 Å². The number of hydrogen-bond donors (Lipinski definition) is 2. The second-order valence-corrected chi connectivity index (χ2v) is 4.63. The van der Waals surface area contributed by atoms with Gasteiger partial charge in [-0.2, -0.15) is 0 Å². The molecule has 1 aromatic rings. The lowest BCUT2D eigenvalue weighted by Gasteiger charge is -2.16. The van der Waals surface area contributed by atoms with Gasteiger partial charge in [0.25, 0.3) is 5.91 Å². The minimum absolute atomic E-state index is 0.0238. The molecule has 0 bridgehead atoms. The van der Waals surface area contributed by atoms with Crippen LogP contribution in [0.2, 0.25) is 0 Å². The third-order valence-corrected chi connectivity index (χ3v) is 2.82. The number of carbonyl (C=O) groups excluding carboxylic acids is 1. The topological polar surface area (TPSA) is 76.2 Å². The monoisotopic (exact) mass is 314 g/mol. The van der Waals surface area contributed by atoms with Crippen molar-refractivity contribution in [3.05, 3.63) is 53.8 Å². The summed E-state index contributed by atoms with van der Waals surface area (Å²) in [6.45, 7) is 15.1. The number of carbonyl (C=O) groups is 1. The largest absolute Gasteiger partial charge is 0.485 e. The van der Waals surface area contributed by atoms with Crippen LogP contribution in [0.15, 0.2) is 37.1 Å². The normalized spacial score (nSPS) is 10.8. The lowest BCUT2D eigenvalue weighted by atomic mass is 9.94. The number of rotatable bonds is 7. The molecular formula is C19H26N2O2. The predicted molar refractivity (Wildman–Crippen MR) is 99.1 cm³/mol. The van der Waals surface area contributed by atoms with Crippen molar-refractivity contribution in [1.29, 1.82) is 5.41 Å². The van der Waals surface area contributed by atoms with Gasteiger partial charge in [0.2, 0.25) is 0 Å². The van der Waals surface area contributed by atoms with Crippen LogP contribution in [0.25, 0.3) is 17.7 Å². The molecule has 1 aromatic carbocycles. The summed E-state index contributed by atoms with van der Waals surface area (Å²) in [4.78, 5) is 11.7. The second kappa shape index (κ2) is 10.2. The van der Waals surface area contributed by atoms with Crippen LogP contribution in [0.5, 0.6) is 0 Å². The summed E-state index contributed by atoms with van der Waals surface area (Å²) in [7, 11) is 0. The number of allylic oxidation sites excluding steroid dienone is 1. The van der Waals surface area contributed by atoms with Gasteiger partial charge in [0.05, 0.1) is 6.10 Å². The van der Waals surface area contributed by atoms with Crippen LogP contribution in [-0.4, -0.2) is 18.2 Å². The van der Waals surface area contributed by atoms with Gasteiger partial charge in [-0.05, 0) is 30.5 Å². The Hall–Kier alpha value is -2.62. The van der Waals surface area contributed by atoms with Crippen molar-refractivity contribution < 1.29 is 9.53 Å². The van der Waals surface area contributed by atoms with Crippen LogP contribution in [-0.2, 0) is 9.53 Å². The Bertz CT molecular complexity index is 614. The first-order valence-electron chi connectivity index (χ1n) is 7.55. The highest BCUT2D eigenvalue weighted by molar-refractivity contribution is 6.17. The van der Waals surface area contributed by atoms with Crippen molar-refractivity contribution in [2.75, 3.05) is 0 Å². The van der Waals surface area contributed by atoms with Gasteiger partial charge in [0, 0.05) is 11.8 Å². The third-order valence-electron chi connectivity index (χ3n) is 2.82. The molecule has 4 heteroatoms. The summed E-state index contributed by atoms with van der Waals surface area (Å²) in [5.41, 5.74) is 8.01. The highest BCUT2D eigenvalue weighted by Gasteiger charge is 2.18. The van der Waals surface area contributed by atoms with Gasteiger partial charge >= 0.3 is 0 Å². The zero-order chi connectivity index (χ0) is 18.0. The van der Waals surface area contributed by atoms with E-state index in [0.29, 0.717) is 11.1 Å². The van der Waals surface area contributed by atoms with Crippen molar-refractivity contribution in [1.82, 2.24) is 0 Å². The number of benzene rings is 1. The van der Waals surface area contributed by atoms with Crippen molar-refractivity contribution in [2.45, 2.75) is 33.8 Å². The molecule has 0 heterocycles. The maximum atomic E-state index is 11.7. The van der Waals surface area contributed by atoms with E-state index in [0.717, 1.165) is 17.3 Å². The van der Waals surface area contributed by atoms with Gasteiger partial charge in [-0.25, -0.2) is 0 Å². The molecule has 3 N–H and O–H groups in total. The molecule has 0 aliphatic rings. The SMILES string of the molecule is C=Cc1cccc(/C(C=N)=C(\OC(C)C)C(N)=O)c1C=C.CC.